The van der Waals surface area contributed by atoms with Gasteiger partial charge in [0.1, 0.15) is 17.6 Å². The first kappa shape index (κ1) is 23.8. The summed E-state index contributed by atoms with van der Waals surface area (Å²) in [6, 6.07) is 4.92. The van der Waals surface area contributed by atoms with E-state index in [4.69, 9.17) is 9.47 Å². The molecule has 0 saturated carbocycles. The Morgan fingerprint density at radius 1 is 1.11 bits per heavy atom. The summed E-state index contributed by atoms with van der Waals surface area (Å²) >= 11 is 0. The summed E-state index contributed by atoms with van der Waals surface area (Å²) in [7, 11) is 0. The second-order valence-corrected chi connectivity index (χ2v) is 9.83. The van der Waals surface area contributed by atoms with Crippen LogP contribution in [0.25, 0.3) is 0 Å². The number of likely N-dealkylation sites (tertiary alicyclic amines) is 1. The van der Waals surface area contributed by atoms with Gasteiger partial charge in [-0.25, -0.2) is 0 Å². The molecule has 1 N–H and O–H groups in total. The van der Waals surface area contributed by atoms with Crippen LogP contribution in [0.15, 0.2) is 42.5 Å². The van der Waals surface area contributed by atoms with Gasteiger partial charge in [-0.3, -0.25) is 14.4 Å². The van der Waals surface area contributed by atoms with Crippen molar-refractivity contribution in [2.24, 2.45) is 11.8 Å². The Morgan fingerprint density at radius 3 is 2.74 bits per heavy atom. The van der Waals surface area contributed by atoms with Gasteiger partial charge in [-0.15, -0.1) is 0 Å². The first-order chi connectivity index (χ1) is 16.9. The Bertz CT molecular complexity index is 1100. The third kappa shape index (κ3) is 3.79. The average Bonchev–Trinajstić information content (AvgIpc) is 3.21. The zero-order valence-electron chi connectivity index (χ0n) is 20.2. The molecule has 4 heterocycles. The molecule has 5 rings (SSSR count). The number of aryl methyl sites for hydroxylation is 2. The predicted octanol–water partition coefficient (Wildman–Crippen LogP) is 2.06. The number of hydrogen-bond donors (Lipinski definition) is 1. The van der Waals surface area contributed by atoms with Gasteiger partial charge in [-0.05, 0) is 50.3 Å². The maximum absolute atomic E-state index is 14.2. The van der Waals surface area contributed by atoms with Gasteiger partial charge in [0.05, 0.1) is 25.2 Å². The molecule has 1 aromatic rings. The lowest BCUT2D eigenvalue weighted by Gasteiger charge is -2.35. The molecule has 186 valence electrons. The maximum atomic E-state index is 14.2. The molecule has 4 aliphatic rings. The minimum atomic E-state index is -1.32. The molecule has 0 aliphatic carbocycles. The summed E-state index contributed by atoms with van der Waals surface area (Å²) in [5.74, 6) is -2.88. The van der Waals surface area contributed by atoms with E-state index in [2.05, 4.69) is 0 Å². The van der Waals surface area contributed by atoms with Crippen molar-refractivity contribution in [1.82, 2.24) is 4.90 Å². The van der Waals surface area contributed by atoms with Gasteiger partial charge in [0, 0.05) is 18.8 Å². The van der Waals surface area contributed by atoms with Crippen molar-refractivity contribution in [2.75, 3.05) is 31.2 Å². The van der Waals surface area contributed by atoms with Gasteiger partial charge >= 0.3 is 5.97 Å². The van der Waals surface area contributed by atoms with Crippen LogP contribution >= 0.6 is 0 Å². The predicted molar refractivity (Wildman–Crippen MR) is 129 cm³/mol. The number of aliphatic hydroxyl groups excluding tert-OH is 1. The number of cyclic esters (lactones) is 1. The molecule has 0 bridgehead atoms. The van der Waals surface area contributed by atoms with Crippen LogP contribution in [0.3, 0.4) is 0 Å². The van der Waals surface area contributed by atoms with Gasteiger partial charge in [0.2, 0.25) is 5.91 Å². The molecule has 2 saturated heterocycles. The molecule has 1 aromatic carbocycles. The number of esters is 1. The van der Waals surface area contributed by atoms with Gasteiger partial charge < -0.3 is 24.4 Å². The number of hydrogen-bond acceptors (Lipinski definition) is 6. The molecule has 8 nitrogen and oxygen atoms in total. The summed E-state index contributed by atoms with van der Waals surface area (Å²) in [5.41, 5.74) is 1.41. The highest BCUT2D eigenvalue weighted by Gasteiger charge is 2.71. The smallest absolute Gasteiger partial charge is 0.312 e. The monoisotopic (exact) mass is 480 g/mol. The SMILES string of the molecule is Cc1ccc(C)c(N2CC=C[C@]34O[C@@H]5/C=C\CCCCOC(=O)[C@@H]5[C@H]3C(=O)N(CCO)C4C2=O)c1. The lowest BCUT2D eigenvalue weighted by Crippen LogP contribution is -2.55. The molecule has 2 amide bonds. The summed E-state index contributed by atoms with van der Waals surface area (Å²) in [4.78, 5) is 44.3. The van der Waals surface area contributed by atoms with Crippen LogP contribution in [-0.4, -0.2) is 71.8 Å². The highest BCUT2D eigenvalue weighted by atomic mass is 16.6. The number of ether oxygens (including phenoxy) is 2. The van der Waals surface area contributed by atoms with Crippen molar-refractivity contribution < 1.29 is 29.0 Å². The van der Waals surface area contributed by atoms with Gasteiger partial charge in [-0.1, -0.05) is 36.4 Å². The van der Waals surface area contributed by atoms with E-state index in [1.807, 2.05) is 50.3 Å². The fourth-order valence-electron chi connectivity index (χ4n) is 5.99. The fourth-order valence-corrected chi connectivity index (χ4v) is 5.99. The molecule has 1 unspecified atom stereocenters. The highest BCUT2D eigenvalue weighted by Crippen LogP contribution is 2.53. The molecule has 0 aromatic heterocycles. The molecule has 4 aliphatic heterocycles. The molecule has 8 heteroatoms. The Labute approximate surface area is 205 Å². The molecule has 5 atom stereocenters. The number of nitrogens with zero attached hydrogens (tertiary/aromatic N) is 2. The number of aliphatic hydroxyl groups is 1. The summed E-state index contributed by atoms with van der Waals surface area (Å²) in [5, 5.41) is 9.77. The second kappa shape index (κ2) is 9.24. The van der Waals surface area contributed by atoms with Gasteiger partial charge in [0.25, 0.3) is 5.91 Å². The lowest BCUT2D eigenvalue weighted by atomic mass is 9.78. The number of β-amino-alcohol motifs (C(OH)–C–C–N with tert-alkyl or cyclic N) is 1. The van der Waals surface area contributed by atoms with Crippen LogP contribution in [0.4, 0.5) is 5.69 Å². The van der Waals surface area contributed by atoms with Crippen molar-refractivity contribution >= 4 is 23.5 Å². The zero-order valence-corrected chi connectivity index (χ0v) is 20.2. The van der Waals surface area contributed by atoms with Gasteiger partial charge in [0.15, 0.2) is 0 Å². The van der Waals surface area contributed by atoms with Crippen molar-refractivity contribution in [2.45, 2.75) is 50.9 Å². The molecular weight excluding hydrogens is 448 g/mol. The van der Waals surface area contributed by atoms with Crippen molar-refractivity contribution in [1.29, 1.82) is 0 Å². The zero-order chi connectivity index (χ0) is 24.7. The normalized spacial score (nSPS) is 33.6. The van der Waals surface area contributed by atoms with E-state index < -0.39 is 35.6 Å². The third-order valence-electron chi connectivity index (χ3n) is 7.60. The number of anilines is 1. The standard InChI is InChI=1S/C27H32N2O6/c1-17-9-10-18(2)19(16-17)28-12-7-11-27-22(24(31)29(13-14-30)23(27)25(28)32)21-20(35-27)8-5-3-4-6-15-34-26(21)33/h5,7-11,16,20-23,30H,3-4,6,12-15H2,1-2H3/b8-5-/t20-,21+,22+,23?,27+/m1/s1. The second-order valence-electron chi connectivity index (χ2n) is 9.83. The van der Waals surface area contributed by atoms with Crippen LogP contribution in [0.1, 0.15) is 30.4 Å². The van der Waals surface area contributed by atoms with Crippen LogP contribution in [0, 0.1) is 25.7 Å². The molecule has 2 fully saturated rings. The number of benzene rings is 1. The third-order valence-corrected chi connectivity index (χ3v) is 7.60. The van der Waals surface area contributed by atoms with E-state index in [1.165, 1.54) is 4.90 Å². The number of amides is 2. The minimum absolute atomic E-state index is 0.0202. The Morgan fingerprint density at radius 2 is 1.94 bits per heavy atom. The van der Waals surface area contributed by atoms with Crippen molar-refractivity contribution in [3.05, 3.63) is 53.6 Å². The Balaban J connectivity index is 1.61. The van der Waals surface area contributed by atoms with Crippen LogP contribution in [0.2, 0.25) is 0 Å². The molecular formula is C27H32N2O6. The fraction of sp³-hybridized carbons (Fsp3) is 0.519. The van der Waals surface area contributed by atoms with Crippen molar-refractivity contribution in [3.8, 4) is 0 Å². The molecule has 1 spiro atoms. The van der Waals surface area contributed by atoms with E-state index >= 15 is 0 Å². The van der Waals surface area contributed by atoms with Crippen molar-refractivity contribution in [3.63, 3.8) is 0 Å². The van der Waals surface area contributed by atoms with E-state index in [0.717, 1.165) is 36.1 Å². The van der Waals surface area contributed by atoms with Crippen LogP contribution < -0.4 is 4.90 Å². The van der Waals surface area contributed by atoms with E-state index in [1.54, 1.807) is 11.0 Å². The Kier molecular flexibility index (Phi) is 6.27. The number of carbonyl (C=O) groups excluding carboxylic acids is 3. The number of allylic oxidation sites excluding steroid dienone is 1. The average molecular weight is 481 g/mol. The van der Waals surface area contributed by atoms with Crippen LogP contribution in [-0.2, 0) is 23.9 Å². The topological polar surface area (TPSA) is 96.4 Å². The first-order valence-electron chi connectivity index (χ1n) is 12.4. The van der Waals surface area contributed by atoms with E-state index in [0.29, 0.717) is 13.2 Å². The highest BCUT2D eigenvalue weighted by molar-refractivity contribution is 6.05. The van der Waals surface area contributed by atoms with Gasteiger partial charge in [-0.2, -0.15) is 0 Å². The lowest BCUT2D eigenvalue weighted by molar-refractivity contribution is -0.154. The first-order valence-corrected chi connectivity index (χ1v) is 12.4. The Hall–Kier alpha value is -2.97. The van der Waals surface area contributed by atoms with E-state index in [9.17, 15) is 19.5 Å². The maximum Gasteiger partial charge on any atom is 0.312 e. The number of carbonyl (C=O) groups is 3. The summed E-state index contributed by atoms with van der Waals surface area (Å²) < 4.78 is 12.1. The number of fused-ring (bicyclic) bond motifs is 2. The van der Waals surface area contributed by atoms with Crippen LogP contribution in [0.5, 0.6) is 0 Å². The summed E-state index contributed by atoms with van der Waals surface area (Å²) in [6.45, 7) is 4.20. The summed E-state index contributed by atoms with van der Waals surface area (Å²) in [6.07, 6.45) is 9.29. The molecule has 35 heavy (non-hydrogen) atoms. The largest absolute Gasteiger partial charge is 0.465 e. The minimum Gasteiger partial charge on any atom is -0.465 e. The number of rotatable bonds is 3. The quantitative estimate of drug-likeness (QED) is 0.526. The van der Waals surface area contributed by atoms with E-state index in [-0.39, 0.29) is 25.0 Å². The molecule has 0 radical (unpaired) electrons.